The Bertz CT molecular complexity index is 1180. The second-order valence-electron chi connectivity index (χ2n) is 10.2. The third-order valence-electron chi connectivity index (χ3n) is 8.04. The molecular formula is C26H28N4O3. The number of benzene rings is 1. The lowest BCUT2D eigenvalue weighted by atomic mass is 9.63. The van der Waals surface area contributed by atoms with Gasteiger partial charge in [0.15, 0.2) is 0 Å². The van der Waals surface area contributed by atoms with Gasteiger partial charge in [0, 0.05) is 49.9 Å². The molecule has 0 radical (unpaired) electrons. The van der Waals surface area contributed by atoms with E-state index in [0.717, 1.165) is 23.4 Å². The molecule has 7 nitrogen and oxygen atoms in total. The Morgan fingerprint density at radius 1 is 1.15 bits per heavy atom. The summed E-state index contributed by atoms with van der Waals surface area (Å²) in [4.78, 5) is 45.6. The zero-order chi connectivity index (χ0) is 22.7. The molecule has 4 heterocycles. The molecule has 1 aliphatic carbocycles. The normalized spacial score (nSPS) is 23.8. The van der Waals surface area contributed by atoms with Crippen molar-refractivity contribution in [3.63, 3.8) is 0 Å². The lowest BCUT2D eigenvalue weighted by Gasteiger charge is -2.56. The number of nitrogens with zero attached hydrogens (tertiary/aromatic N) is 3. The molecule has 170 valence electrons. The molecule has 4 aliphatic rings. The van der Waals surface area contributed by atoms with Crippen molar-refractivity contribution < 1.29 is 14.4 Å². The van der Waals surface area contributed by atoms with Crippen LogP contribution < -0.4 is 5.32 Å². The largest absolute Gasteiger partial charge is 0.322 e. The fourth-order valence-electron chi connectivity index (χ4n) is 6.01. The third kappa shape index (κ3) is 3.37. The summed E-state index contributed by atoms with van der Waals surface area (Å²) in [6.07, 6.45) is 6.66. The Labute approximate surface area is 193 Å². The summed E-state index contributed by atoms with van der Waals surface area (Å²) in [5.41, 5.74) is 6.57. The first-order valence-electron chi connectivity index (χ1n) is 11.9. The van der Waals surface area contributed by atoms with E-state index in [4.69, 9.17) is 0 Å². The van der Waals surface area contributed by atoms with Crippen LogP contribution in [0.2, 0.25) is 0 Å². The molecule has 1 unspecified atom stereocenters. The van der Waals surface area contributed by atoms with Crippen LogP contribution in [0.3, 0.4) is 0 Å². The van der Waals surface area contributed by atoms with Crippen molar-refractivity contribution in [3.05, 3.63) is 52.7 Å². The number of carbonyl (C=O) groups excluding carboxylic acids is 3. The number of nitrogens with one attached hydrogen (secondary N) is 1. The van der Waals surface area contributed by atoms with E-state index in [1.807, 2.05) is 24.4 Å². The van der Waals surface area contributed by atoms with Gasteiger partial charge in [0.05, 0.1) is 5.69 Å². The summed E-state index contributed by atoms with van der Waals surface area (Å²) >= 11 is 0. The van der Waals surface area contributed by atoms with E-state index < -0.39 is 6.04 Å². The lowest BCUT2D eigenvalue weighted by Crippen LogP contribution is -2.58. The van der Waals surface area contributed by atoms with Gasteiger partial charge in [0.2, 0.25) is 11.8 Å². The van der Waals surface area contributed by atoms with Crippen molar-refractivity contribution in [3.8, 4) is 11.3 Å². The topological polar surface area (TPSA) is 82.6 Å². The van der Waals surface area contributed by atoms with E-state index in [0.29, 0.717) is 23.9 Å². The highest BCUT2D eigenvalue weighted by Crippen LogP contribution is 2.48. The predicted octanol–water partition coefficient (Wildman–Crippen LogP) is 2.80. The Morgan fingerprint density at radius 2 is 1.97 bits per heavy atom. The molecule has 1 atom stereocenters. The second kappa shape index (κ2) is 7.48. The summed E-state index contributed by atoms with van der Waals surface area (Å²) in [6.45, 7) is 5.88. The quantitative estimate of drug-likeness (QED) is 0.734. The number of hydrogen-bond donors (Lipinski definition) is 1. The monoisotopic (exact) mass is 444 g/mol. The molecule has 33 heavy (non-hydrogen) atoms. The number of pyridine rings is 1. The minimum Gasteiger partial charge on any atom is -0.322 e. The van der Waals surface area contributed by atoms with E-state index in [1.54, 1.807) is 4.90 Å². The van der Waals surface area contributed by atoms with E-state index in [-0.39, 0.29) is 24.1 Å². The first-order chi connectivity index (χ1) is 15.9. The van der Waals surface area contributed by atoms with Crippen LogP contribution in [-0.2, 0) is 22.7 Å². The van der Waals surface area contributed by atoms with Crippen molar-refractivity contribution in [2.24, 2.45) is 5.41 Å². The fraction of sp³-hybridized carbons (Fsp3) is 0.462. The molecule has 3 aliphatic heterocycles. The van der Waals surface area contributed by atoms with Gasteiger partial charge >= 0.3 is 0 Å². The SMILES string of the molecule is Cc1c(CN2CC3(CCC3)C2)ccnc1-c1ccc2c(c1)CN(C1CCC(=O)NC1=O)C2=O. The van der Waals surface area contributed by atoms with Gasteiger partial charge in [-0.05, 0) is 66.5 Å². The summed E-state index contributed by atoms with van der Waals surface area (Å²) < 4.78 is 0. The number of likely N-dealkylation sites (tertiary alicyclic amines) is 1. The number of piperidine rings is 1. The fourth-order valence-corrected chi connectivity index (χ4v) is 6.01. The molecule has 1 spiro atoms. The third-order valence-corrected chi connectivity index (χ3v) is 8.04. The highest BCUT2D eigenvalue weighted by Gasteiger charge is 2.47. The number of rotatable bonds is 4. The average molecular weight is 445 g/mol. The zero-order valence-corrected chi connectivity index (χ0v) is 18.9. The second-order valence-corrected chi connectivity index (χ2v) is 10.2. The number of carbonyl (C=O) groups is 3. The number of hydrogen-bond acceptors (Lipinski definition) is 5. The lowest BCUT2D eigenvalue weighted by molar-refractivity contribution is -0.136. The van der Waals surface area contributed by atoms with Crippen LogP contribution in [-0.4, -0.2) is 51.6 Å². The van der Waals surface area contributed by atoms with Crippen molar-refractivity contribution in [1.82, 2.24) is 20.1 Å². The van der Waals surface area contributed by atoms with E-state index in [1.165, 1.54) is 43.5 Å². The molecule has 1 N–H and O–H groups in total. The predicted molar refractivity (Wildman–Crippen MR) is 122 cm³/mol. The number of aromatic nitrogens is 1. The Balaban J connectivity index is 1.22. The summed E-state index contributed by atoms with van der Waals surface area (Å²) in [5, 5.41) is 2.36. The molecule has 0 bridgehead atoms. The van der Waals surface area contributed by atoms with Gasteiger partial charge in [-0.25, -0.2) is 0 Å². The summed E-state index contributed by atoms with van der Waals surface area (Å²) in [7, 11) is 0. The summed E-state index contributed by atoms with van der Waals surface area (Å²) in [5.74, 6) is -0.801. The Morgan fingerprint density at radius 3 is 2.70 bits per heavy atom. The standard InChI is InChI=1S/C26H28N4O3/c1-16-18(12-29-14-26(15-29)8-2-9-26)7-10-27-23(16)17-3-4-20-19(11-17)13-30(25(20)33)21-5-6-22(31)28-24(21)32/h3-4,7,10-11,21H,2,5-6,8-9,12-15H2,1H3,(H,28,31,32). The van der Waals surface area contributed by atoms with Crippen LogP contribution in [0.4, 0.5) is 0 Å². The first-order valence-corrected chi connectivity index (χ1v) is 11.9. The Kier molecular flexibility index (Phi) is 4.66. The van der Waals surface area contributed by atoms with Crippen molar-refractivity contribution in [1.29, 1.82) is 0 Å². The van der Waals surface area contributed by atoms with E-state index in [2.05, 4.69) is 28.2 Å². The minimum absolute atomic E-state index is 0.146. The van der Waals surface area contributed by atoms with E-state index in [9.17, 15) is 14.4 Å². The van der Waals surface area contributed by atoms with Crippen LogP contribution in [0.5, 0.6) is 0 Å². The smallest absolute Gasteiger partial charge is 0.255 e. The molecule has 3 fully saturated rings. The molecule has 1 aromatic heterocycles. The number of fused-ring (bicyclic) bond motifs is 1. The van der Waals surface area contributed by atoms with Crippen LogP contribution in [0, 0.1) is 12.3 Å². The first kappa shape index (κ1) is 20.5. The maximum Gasteiger partial charge on any atom is 0.255 e. The number of amides is 3. The molecule has 6 rings (SSSR count). The van der Waals surface area contributed by atoms with Crippen molar-refractivity contribution in [2.75, 3.05) is 13.1 Å². The Hall–Kier alpha value is -3.06. The van der Waals surface area contributed by atoms with Crippen LogP contribution >= 0.6 is 0 Å². The summed E-state index contributed by atoms with van der Waals surface area (Å²) in [6, 6.07) is 7.36. The maximum absolute atomic E-state index is 13.0. The molecule has 2 saturated heterocycles. The van der Waals surface area contributed by atoms with Gasteiger partial charge in [-0.15, -0.1) is 0 Å². The van der Waals surface area contributed by atoms with E-state index >= 15 is 0 Å². The highest BCUT2D eigenvalue weighted by molar-refractivity contribution is 6.05. The van der Waals surface area contributed by atoms with Gasteiger partial charge in [-0.3, -0.25) is 29.6 Å². The zero-order valence-electron chi connectivity index (χ0n) is 18.9. The van der Waals surface area contributed by atoms with Gasteiger partial charge in [-0.1, -0.05) is 12.5 Å². The molecular weight excluding hydrogens is 416 g/mol. The van der Waals surface area contributed by atoms with Gasteiger partial charge in [-0.2, -0.15) is 0 Å². The van der Waals surface area contributed by atoms with Gasteiger partial charge < -0.3 is 4.90 Å². The van der Waals surface area contributed by atoms with Crippen molar-refractivity contribution >= 4 is 17.7 Å². The maximum atomic E-state index is 13.0. The number of imide groups is 1. The molecule has 2 aromatic rings. The van der Waals surface area contributed by atoms with Gasteiger partial charge in [0.1, 0.15) is 6.04 Å². The molecule has 3 amide bonds. The minimum atomic E-state index is -0.593. The average Bonchev–Trinajstić information content (AvgIpc) is 3.06. The van der Waals surface area contributed by atoms with Crippen LogP contribution in [0.25, 0.3) is 11.3 Å². The molecule has 1 aromatic carbocycles. The molecule has 7 heteroatoms. The highest BCUT2D eigenvalue weighted by atomic mass is 16.2. The molecule has 1 saturated carbocycles. The van der Waals surface area contributed by atoms with Crippen LogP contribution in [0.15, 0.2) is 30.5 Å². The van der Waals surface area contributed by atoms with Crippen LogP contribution in [0.1, 0.15) is 59.2 Å². The van der Waals surface area contributed by atoms with Crippen molar-refractivity contribution in [2.45, 2.75) is 58.2 Å². The van der Waals surface area contributed by atoms with Gasteiger partial charge in [0.25, 0.3) is 5.91 Å².